The molecule has 1 unspecified atom stereocenters. The fraction of sp³-hybridized carbons (Fsp3) is 0.273. The average molecular weight is 274 g/mol. The Kier molecular flexibility index (Phi) is 4.25. The van der Waals surface area contributed by atoms with Crippen molar-refractivity contribution in [2.75, 3.05) is 6.54 Å². The molecule has 0 aliphatic carbocycles. The third kappa shape index (κ3) is 2.77. The van der Waals surface area contributed by atoms with E-state index in [2.05, 4.69) is 27.2 Å². The molecule has 0 aliphatic heterocycles. The molecule has 80 valence electrons. The zero-order valence-electron chi connectivity index (χ0n) is 8.15. The van der Waals surface area contributed by atoms with E-state index in [4.69, 9.17) is 6.42 Å². The number of hydrogen-bond acceptors (Lipinski definition) is 1. The molecule has 0 radical (unpaired) electrons. The molecule has 1 aromatic carbocycles. The van der Waals surface area contributed by atoms with Crippen LogP contribution >= 0.6 is 15.9 Å². The van der Waals surface area contributed by atoms with Gasteiger partial charge in [0.05, 0.1) is 5.56 Å². The van der Waals surface area contributed by atoms with E-state index in [1.54, 1.807) is 0 Å². The lowest BCUT2D eigenvalue weighted by Crippen LogP contribution is -2.21. The van der Waals surface area contributed by atoms with E-state index in [9.17, 15) is 8.78 Å². The first-order valence-electron chi connectivity index (χ1n) is 4.44. The highest BCUT2D eigenvalue weighted by molar-refractivity contribution is 9.10. The van der Waals surface area contributed by atoms with E-state index in [1.807, 2.05) is 6.92 Å². The van der Waals surface area contributed by atoms with Gasteiger partial charge in [-0.05, 0) is 18.7 Å². The van der Waals surface area contributed by atoms with Gasteiger partial charge in [0.1, 0.15) is 17.7 Å². The molecule has 0 amide bonds. The molecular weight excluding hydrogens is 264 g/mol. The van der Waals surface area contributed by atoms with Gasteiger partial charge in [0.25, 0.3) is 0 Å². The van der Waals surface area contributed by atoms with Crippen LogP contribution in [-0.4, -0.2) is 6.54 Å². The first-order valence-corrected chi connectivity index (χ1v) is 5.23. The van der Waals surface area contributed by atoms with Gasteiger partial charge in [-0.3, -0.25) is 0 Å². The van der Waals surface area contributed by atoms with E-state index in [-0.39, 0.29) is 5.56 Å². The topological polar surface area (TPSA) is 12.0 Å². The summed E-state index contributed by atoms with van der Waals surface area (Å²) in [5.74, 6) is 1.02. The van der Waals surface area contributed by atoms with Crippen LogP contribution in [-0.2, 0) is 0 Å². The molecule has 1 nitrogen and oxygen atoms in total. The Morgan fingerprint density at radius 1 is 1.47 bits per heavy atom. The maximum Gasteiger partial charge on any atom is 0.133 e. The normalized spacial score (nSPS) is 12.2. The summed E-state index contributed by atoms with van der Waals surface area (Å²) < 4.78 is 27.3. The Labute approximate surface area is 96.0 Å². The molecule has 0 saturated carbocycles. The van der Waals surface area contributed by atoms with Crippen molar-refractivity contribution in [3.63, 3.8) is 0 Å². The molecule has 0 fully saturated rings. The van der Waals surface area contributed by atoms with Gasteiger partial charge < -0.3 is 5.32 Å². The van der Waals surface area contributed by atoms with E-state index < -0.39 is 17.7 Å². The minimum absolute atomic E-state index is 0.109. The lowest BCUT2D eigenvalue weighted by atomic mass is 10.1. The van der Waals surface area contributed by atoms with E-state index in [1.165, 1.54) is 12.1 Å². The molecule has 0 aromatic heterocycles. The van der Waals surface area contributed by atoms with Crippen molar-refractivity contribution in [3.05, 3.63) is 33.8 Å². The van der Waals surface area contributed by atoms with Gasteiger partial charge in [0, 0.05) is 4.47 Å². The van der Waals surface area contributed by atoms with Gasteiger partial charge in [-0.2, -0.15) is 0 Å². The summed E-state index contributed by atoms with van der Waals surface area (Å²) in [5, 5.41) is 2.82. The van der Waals surface area contributed by atoms with Crippen LogP contribution in [0.15, 0.2) is 16.6 Å². The van der Waals surface area contributed by atoms with Crippen molar-refractivity contribution in [2.45, 2.75) is 13.0 Å². The smallest absolute Gasteiger partial charge is 0.133 e. The summed E-state index contributed by atoms with van der Waals surface area (Å²) >= 11 is 3.01. The van der Waals surface area contributed by atoms with Crippen molar-refractivity contribution < 1.29 is 8.78 Å². The van der Waals surface area contributed by atoms with Gasteiger partial charge >= 0.3 is 0 Å². The Balaban J connectivity index is 3.18. The predicted molar refractivity (Wildman–Crippen MR) is 59.3 cm³/mol. The number of hydrogen-bond donors (Lipinski definition) is 1. The van der Waals surface area contributed by atoms with Crippen molar-refractivity contribution in [2.24, 2.45) is 0 Å². The highest BCUT2D eigenvalue weighted by Crippen LogP contribution is 2.24. The zero-order valence-corrected chi connectivity index (χ0v) is 9.74. The van der Waals surface area contributed by atoms with Crippen LogP contribution in [0.25, 0.3) is 0 Å². The second kappa shape index (κ2) is 5.24. The van der Waals surface area contributed by atoms with Crippen LogP contribution < -0.4 is 5.32 Å². The molecule has 1 aromatic rings. The third-order valence-electron chi connectivity index (χ3n) is 1.91. The van der Waals surface area contributed by atoms with Crippen LogP contribution in [0.5, 0.6) is 0 Å². The van der Waals surface area contributed by atoms with E-state index in [0.717, 1.165) is 0 Å². The summed E-state index contributed by atoms with van der Waals surface area (Å²) in [4.78, 5) is 0. The molecule has 1 N–H and O–H groups in total. The van der Waals surface area contributed by atoms with Gasteiger partial charge in [-0.1, -0.05) is 28.8 Å². The molecule has 0 saturated heterocycles. The number of nitrogens with one attached hydrogen (secondary N) is 1. The molecule has 0 aliphatic rings. The second-order valence-electron chi connectivity index (χ2n) is 2.94. The van der Waals surface area contributed by atoms with Crippen LogP contribution in [0, 0.1) is 24.0 Å². The molecular formula is C11H10BrF2N. The quantitative estimate of drug-likeness (QED) is 0.835. The summed E-state index contributed by atoms with van der Waals surface area (Å²) in [5.41, 5.74) is -0.109. The Hall–Kier alpha value is -0.920. The van der Waals surface area contributed by atoms with Crippen molar-refractivity contribution in [1.29, 1.82) is 0 Å². The standard InChI is InChI=1S/C11H10BrF2N/c1-3-10(15-4-2)11-8(13)5-7(12)6-9(11)14/h1,5-6,10,15H,4H2,2H3. The lowest BCUT2D eigenvalue weighted by molar-refractivity contribution is 0.521. The lowest BCUT2D eigenvalue weighted by Gasteiger charge is -2.13. The Morgan fingerprint density at radius 3 is 2.40 bits per heavy atom. The fourth-order valence-electron chi connectivity index (χ4n) is 1.28. The largest absolute Gasteiger partial charge is 0.300 e. The monoisotopic (exact) mass is 273 g/mol. The van der Waals surface area contributed by atoms with Crippen LogP contribution in [0.4, 0.5) is 8.78 Å². The second-order valence-corrected chi connectivity index (χ2v) is 3.86. The molecule has 1 atom stereocenters. The van der Waals surface area contributed by atoms with Gasteiger partial charge in [0.15, 0.2) is 0 Å². The van der Waals surface area contributed by atoms with E-state index in [0.29, 0.717) is 11.0 Å². The maximum absolute atomic E-state index is 13.5. The molecule has 0 heterocycles. The minimum atomic E-state index is -0.733. The average Bonchev–Trinajstić information content (AvgIpc) is 2.14. The fourth-order valence-corrected chi connectivity index (χ4v) is 1.68. The number of benzene rings is 1. The van der Waals surface area contributed by atoms with Crippen molar-refractivity contribution in [1.82, 2.24) is 5.32 Å². The number of rotatable bonds is 3. The van der Waals surface area contributed by atoms with E-state index >= 15 is 0 Å². The SMILES string of the molecule is C#CC(NCC)c1c(F)cc(Br)cc1F. The summed E-state index contributed by atoms with van der Waals surface area (Å²) in [6.07, 6.45) is 5.21. The Morgan fingerprint density at radius 2 is 2.00 bits per heavy atom. The predicted octanol–water partition coefficient (Wildman–Crippen LogP) is 3.01. The first-order chi connectivity index (χ1) is 7.10. The van der Waals surface area contributed by atoms with Gasteiger partial charge in [-0.25, -0.2) is 8.78 Å². The first kappa shape index (κ1) is 12.2. The Bertz CT molecular complexity index is 375. The van der Waals surface area contributed by atoms with Crippen LogP contribution in [0.1, 0.15) is 18.5 Å². The highest BCUT2D eigenvalue weighted by Gasteiger charge is 2.18. The van der Waals surface area contributed by atoms with Crippen molar-refractivity contribution in [3.8, 4) is 12.3 Å². The molecule has 15 heavy (non-hydrogen) atoms. The van der Waals surface area contributed by atoms with Crippen LogP contribution in [0.2, 0.25) is 0 Å². The van der Waals surface area contributed by atoms with Gasteiger partial charge in [0.2, 0.25) is 0 Å². The van der Waals surface area contributed by atoms with Crippen molar-refractivity contribution >= 4 is 15.9 Å². The zero-order chi connectivity index (χ0) is 11.4. The highest BCUT2D eigenvalue weighted by atomic mass is 79.9. The molecule has 4 heteroatoms. The molecule has 0 bridgehead atoms. The maximum atomic E-state index is 13.5. The molecule has 0 spiro atoms. The van der Waals surface area contributed by atoms with Gasteiger partial charge in [-0.15, -0.1) is 6.42 Å². The molecule has 1 rings (SSSR count). The number of halogens is 3. The number of terminal acetylenes is 1. The van der Waals surface area contributed by atoms with Crippen LogP contribution in [0.3, 0.4) is 0 Å². The third-order valence-corrected chi connectivity index (χ3v) is 2.37. The summed E-state index contributed by atoms with van der Waals surface area (Å²) in [7, 11) is 0. The summed E-state index contributed by atoms with van der Waals surface area (Å²) in [6.45, 7) is 2.36. The minimum Gasteiger partial charge on any atom is -0.300 e. The summed E-state index contributed by atoms with van der Waals surface area (Å²) in [6, 6.07) is 1.66.